The number of alkyl halides is 3. The lowest BCUT2D eigenvalue weighted by Crippen LogP contribution is -2.44. The Morgan fingerprint density at radius 3 is 2.13 bits per heavy atom. The van der Waals surface area contributed by atoms with Gasteiger partial charge in [-0.05, 0) is 76.4 Å². The third-order valence-electron chi connectivity index (χ3n) is 8.41. The summed E-state index contributed by atoms with van der Waals surface area (Å²) in [6.07, 6.45) is -3.69. The molecule has 2 aliphatic heterocycles. The summed E-state index contributed by atoms with van der Waals surface area (Å²) in [4.78, 5) is 26.8. The quantitative estimate of drug-likeness (QED) is 0.299. The van der Waals surface area contributed by atoms with Crippen molar-refractivity contribution in [2.75, 3.05) is 26.2 Å². The van der Waals surface area contributed by atoms with E-state index in [1.807, 2.05) is 17.9 Å². The Hall–Kier alpha value is -3.58. The molecule has 1 aromatic heterocycles. The van der Waals surface area contributed by atoms with Gasteiger partial charge in [0.25, 0.3) is 0 Å². The molecule has 46 heavy (non-hydrogen) atoms. The maximum Gasteiger partial charge on any atom is 0.490 e. The first-order valence-corrected chi connectivity index (χ1v) is 15.1. The molecule has 2 saturated heterocycles. The van der Waals surface area contributed by atoms with E-state index in [-0.39, 0.29) is 23.3 Å². The zero-order valence-corrected chi connectivity index (χ0v) is 26.5. The van der Waals surface area contributed by atoms with E-state index >= 15 is 0 Å². The summed E-state index contributed by atoms with van der Waals surface area (Å²) in [6, 6.07) is 10.0. The first-order chi connectivity index (χ1) is 21.4. The Morgan fingerprint density at radius 1 is 0.935 bits per heavy atom. The number of aromatic nitrogens is 2. The van der Waals surface area contributed by atoms with Gasteiger partial charge in [0, 0.05) is 60.3 Å². The number of carbonyl (C=O) groups is 2. The van der Waals surface area contributed by atoms with Gasteiger partial charge in [0.2, 0.25) is 5.91 Å². The molecule has 7 nitrogen and oxygen atoms in total. The Morgan fingerprint density at radius 2 is 1.57 bits per heavy atom. The summed E-state index contributed by atoms with van der Waals surface area (Å²) in [5.41, 5.74) is 2.18. The summed E-state index contributed by atoms with van der Waals surface area (Å²) >= 11 is 6.14. The summed E-state index contributed by atoms with van der Waals surface area (Å²) in [5, 5.41) is 12.1. The number of hydrogen-bond donors (Lipinski definition) is 1. The molecule has 3 aromatic rings. The first-order valence-electron chi connectivity index (χ1n) is 14.7. The first kappa shape index (κ1) is 35.3. The van der Waals surface area contributed by atoms with Crippen LogP contribution in [0.3, 0.4) is 0 Å². The number of carbonyl (C=O) groups excluding carboxylic acids is 1. The minimum absolute atomic E-state index is 0.000464. The molecule has 0 aliphatic carbocycles. The summed E-state index contributed by atoms with van der Waals surface area (Å²) in [7, 11) is 0. The highest BCUT2D eigenvalue weighted by Gasteiger charge is 2.45. The summed E-state index contributed by atoms with van der Waals surface area (Å²) < 4.78 is 76.5. The van der Waals surface area contributed by atoms with Gasteiger partial charge < -0.3 is 10.0 Å². The number of benzene rings is 2. The van der Waals surface area contributed by atoms with Crippen molar-refractivity contribution in [3.8, 4) is 5.69 Å². The number of carboxylic acid groups (broad SMARTS) is 1. The molecular weight excluding hydrogens is 638 g/mol. The second-order valence-electron chi connectivity index (χ2n) is 12.6. The van der Waals surface area contributed by atoms with E-state index in [2.05, 4.69) is 30.8 Å². The van der Waals surface area contributed by atoms with Gasteiger partial charge in [0.1, 0.15) is 23.1 Å². The average Bonchev–Trinajstić information content (AvgIpc) is 3.58. The van der Waals surface area contributed by atoms with E-state index in [4.69, 9.17) is 21.5 Å². The lowest BCUT2D eigenvalue weighted by Gasteiger charge is -2.35. The number of hydrogen-bond acceptors (Lipinski definition) is 4. The minimum atomic E-state index is -5.08. The van der Waals surface area contributed by atoms with Gasteiger partial charge in [-0.2, -0.15) is 18.3 Å². The van der Waals surface area contributed by atoms with E-state index in [1.165, 1.54) is 24.3 Å². The fourth-order valence-electron chi connectivity index (χ4n) is 6.00. The van der Waals surface area contributed by atoms with Crippen LogP contribution in [0.1, 0.15) is 62.4 Å². The van der Waals surface area contributed by atoms with E-state index in [9.17, 15) is 31.1 Å². The molecule has 0 unspecified atom stereocenters. The number of aryl methyl sites for hydroxylation is 1. The van der Waals surface area contributed by atoms with Crippen molar-refractivity contribution >= 4 is 23.5 Å². The highest BCUT2D eigenvalue weighted by atomic mass is 35.5. The molecule has 0 spiro atoms. The van der Waals surface area contributed by atoms with Crippen molar-refractivity contribution in [3.63, 3.8) is 0 Å². The number of rotatable bonds is 4. The van der Waals surface area contributed by atoms with Crippen LogP contribution < -0.4 is 0 Å². The SMILES string of the molecule is Cc1cc(C2CCN(C(=O)[C@@H]3CN(C(C)(C)C)C[C@H]3c3ccc(F)cc3F)CC2)n(-c2cc(Cl)ccc2F)n1.O=C(O)C(F)(F)F. The molecule has 3 heterocycles. The molecule has 5 rings (SSSR count). The molecule has 2 fully saturated rings. The molecule has 0 radical (unpaired) electrons. The molecule has 2 aromatic carbocycles. The van der Waals surface area contributed by atoms with Crippen LogP contribution in [0.2, 0.25) is 5.02 Å². The van der Waals surface area contributed by atoms with Gasteiger partial charge in [0.05, 0.1) is 11.6 Å². The van der Waals surface area contributed by atoms with Gasteiger partial charge in [-0.15, -0.1) is 0 Å². The number of halogens is 7. The molecule has 1 N–H and O–H groups in total. The number of nitrogens with zero attached hydrogens (tertiary/aromatic N) is 4. The van der Waals surface area contributed by atoms with Crippen molar-refractivity contribution in [3.05, 3.63) is 81.9 Å². The molecule has 250 valence electrons. The van der Waals surface area contributed by atoms with Crippen LogP contribution in [-0.2, 0) is 9.59 Å². The summed E-state index contributed by atoms with van der Waals surface area (Å²) in [6.45, 7) is 10.2. The zero-order valence-electron chi connectivity index (χ0n) is 25.7. The third kappa shape index (κ3) is 8.03. The van der Waals surface area contributed by atoms with Crippen LogP contribution >= 0.6 is 11.6 Å². The fourth-order valence-corrected chi connectivity index (χ4v) is 6.17. The molecule has 14 heteroatoms. The van der Waals surface area contributed by atoms with Gasteiger partial charge >= 0.3 is 12.1 Å². The molecule has 1 amide bonds. The second-order valence-corrected chi connectivity index (χ2v) is 13.0. The number of aliphatic carboxylic acids is 1. The monoisotopic (exact) mass is 672 g/mol. The molecule has 0 bridgehead atoms. The predicted octanol–water partition coefficient (Wildman–Crippen LogP) is 7.10. The standard InChI is InChI=1S/C30H34ClF3N4O.C2HF3O2/c1-18-13-27(38(35-18)28-14-20(31)5-8-25(28)33)19-9-11-36(12-10-19)29(39)24-17-37(30(2,3)4)16-23(24)22-7-6-21(32)15-26(22)34;3-2(4,5)1(6)7/h5-8,13-15,19,23-24H,9-12,16-17H2,1-4H3;(H,6,7)/t23-,24+;/m0./s1. The van der Waals surface area contributed by atoms with E-state index < -0.39 is 35.5 Å². The van der Waals surface area contributed by atoms with Crippen LogP contribution in [0.15, 0.2) is 42.5 Å². The highest BCUT2D eigenvalue weighted by molar-refractivity contribution is 6.30. The van der Waals surface area contributed by atoms with Crippen molar-refractivity contribution in [1.82, 2.24) is 19.6 Å². The van der Waals surface area contributed by atoms with Crippen LogP contribution in [0, 0.1) is 30.3 Å². The van der Waals surface area contributed by atoms with Gasteiger partial charge in [-0.1, -0.05) is 17.7 Å². The zero-order chi connectivity index (χ0) is 34.1. The molecule has 2 aliphatic rings. The normalized spacial score (nSPS) is 19.6. The highest BCUT2D eigenvalue weighted by Crippen LogP contribution is 2.40. The fraction of sp³-hybridized carbons (Fsp3) is 0.469. The van der Waals surface area contributed by atoms with Crippen molar-refractivity contribution in [2.24, 2.45) is 5.92 Å². The van der Waals surface area contributed by atoms with E-state index in [0.717, 1.165) is 17.5 Å². The van der Waals surface area contributed by atoms with Crippen molar-refractivity contribution in [1.29, 1.82) is 0 Å². The van der Waals surface area contributed by atoms with Crippen LogP contribution in [0.4, 0.5) is 26.3 Å². The predicted molar refractivity (Wildman–Crippen MR) is 159 cm³/mol. The molecular formula is C32H35ClF6N4O3. The number of piperidine rings is 1. The topological polar surface area (TPSA) is 78.7 Å². The molecule has 2 atom stereocenters. The largest absolute Gasteiger partial charge is 0.490 e. The Balaban J connectivity index is 0.000000617. The van der Waals surface area contributed by atoms with Gasteiger partial charge in [-0.3, -0.25) is 9.69 Å². The maximum atomic E-state index is 14.9. The lowest BCUT2D eigenvalue weighted by atomic mass is 9.86. The molecule has 0 saturated carbocycles. The van der Waals surface area contributed by atoms with Crippen LogP contribution in [0.5, 0.6) is 0 Å². The van der Waals surface area contributed by atoms with Crippen LogP contribution in [-0.4, -0.2) is 74.5 Å². The average molecular weight is 673 g/mol. The van der Waals surface area contributed by atoms with Crippen molar-refractivity contribution < 1.29 is 41.0 Å². The smallest absolute Gasteiger partial charge is 0.475 e. The van der Waals surface area contributed by atoms with Gasteiger partial charge in [-0.25, -0.2) is 22.6 Å². The third-order valence-corrected chi connectivity index (χ3v) is 8.65. The van der Waals surface area contributed by atoms with E-state index in [1.54, 1.807) is 10.7 Å². The Bertz CT molecular complexity index is 1580. The Labute approximate surface area is 267 Å². The number of amides is 1. The van der Waals surface area contributed by atoms with Crippen molar-refractivity contribution in [2.45, 2.75) is 64.1 Å². The van der Waals surface area contributed by atoms with E-state index in [0.29, 0.717) is 55.3 Å². The van der Waals surface area contributed by atoms with Gasteiger partial charge in [0.15, 0.2) is 0 Å². The van der Waals surface area contributed by atoms with Crippen LogP contribution in [0.25, 0.3) is 5.69 Å². The number of likely N-dealkylation sites (tertiary alicyclic amines) is 2. The summed E-state index contributed by atoms with van der Waals surface area (Å²) in [5.74, 6) is -5.08. The minimum Gasteiger partial charge on any atom is -0.475 e. The lowest BCUT2D eigenvalue weighted by molar-refractivity contribution is -0.192. The maximum absolute atomic E-state index is 14.9. The second kappa shape index (κ2) is 13.6. The number of carboxylic acids is 1. The Kier molecular flexibility index (Phi) is 10.5.